The van der Waals surface area contributed by atoms with Crippen LogP contribution in [0, 0.1) is 0 Å². The lowest BCUT2D eigenvalue weighted by Crippen LogP contribution is -2.45. The maximum atomic E-state index is 12.4. The van der Waals surface area contributed by atoms with Gasteiger partial charge in [0.2, 0.25) is 5.91 Å². The molecule has 60 heavy (non-hydrogen) atoms. The molecule has 0 saturated carbocycles. The maximum absolute atomic E-state index is 12.4. The van der Waals surface area contributed by atoms with E-state index < -0.39 is 12.1 Å². The van der Waals surface area contributed by atoms with Gasteiger partial charge in [-0.1, -0.05) is 237 Å². The van der Waals surface area contributed by atoms with Crippen molar-refractivity contribution >= 4 is 11.9 Å². The van der Waals surface area contributed by atoms with E-state index >= 15 is 0 Å². The minimum absolute atomic E-state index is 0.00351. The van der Waals surface area contributed by atoms with Crippen molar-refractivity contribution in [2.45, 2.75) is 296 Å². The van der Waals surface area contributed by atoms with Crippen molar-refractivity contribution in [1.82, 2.24) is 5.32 Å². The Morgan fingerprint density at radius 3 is 1.18 bits per heavy atom. The van der Waals surface area contributed by atoms with Crippen LogP contribution >= 0.6 is 0 Å². The van der Waals surface area contributed by atoms with Crippen molar-refractivity contribution in [1.29, 1.82) is 0 Å². The lowest BCUT2D eigenvalue weighted by Gasteiger charge is -2.20. The molecule has 0 aliphatic heterocycles. The summed E-state index contributed by atoms with van der Waals surface area (Å²) in [6.45, 7) is 4.88. The first-order chi connectivity index (χ1) is 29.5. The minimum atomic E-state index is -0.849. The average Bonchev–Trinajstić information content (AvgIpc) is 3.25. The van der Waals surface area contributed by atoms with Crippen molar-refractivity contribution in [2.24, 2.45) is 0 Å². The summed E-state index contributed by atoms with van der Waals surface area (Å²) < 4.78 is 5.46. The van der Waals surface area contributed by atoms with Gasteiger partial charge in [0.1, 0.15) is 0 Å². The van der Waals surface area contributed by atoms with Gasteiger partial charge >= 0.3 is 5.97 Å². The Hall–Kier alpha value is -1.66. The molecule has 0 aliphatic rings. The van der Waals surface area contributed by atoms with Gasteiger partial charge in [-0.05, 0) is 57.8 Å². The normalized spacial score (nSPS) is 12.8. The number of carbonyl (C=O) groups is 2. The highest BCUT2D eigenvalue weighted by Crippen LogP contribution is 2.16. The zero-order valence-electron chi connectivity index (χ0n) is 40.2. The summed E-state index contributed by atoms with van der Waals surface area (Å²) in [4.78, 5) is 24.4. The number of hydrogen-bond donors (Lipinski definition) is 3. The first-order valence-corrected chi connectivity index (χ1v) is 26.6. The summed E-state index contributed by atoms with van der Waals surface area (Å²) in [5, 5.41) is 23.0. The molecule has 0 saturated heterocycles. The van der Waals surface area contributed by atoms with Crippen LogP contribution in [0.25, 0.3) is 0 Å². The van der Waals surface area contributed by atoms with Crippen LogP contribution < -0.4 is 5.32 Å². The summed E-state index contributed by atoms with van der Waals surface area (Å²) in [5.41, 5.74) is 0. The predicted octanol–water partition coefficient (Wildman–Crippen LogP) is 15.9. The van der Waals surface area contributed by atoms with E-state index in [4.69, 9.17) is 4.74 Å². The highest BCUT2D eigenvalue weighted by atomic mass is 16.5. The molecule has 2 atom stereocenters. The number of hydrogen-bond acceptors (Lipinski definition) is 5. The Morgan fingerprint density at radius 1 is 0.450 bits per heavy atom. The van der Waals surface area contributed by atoms with Crippen LogP contribution in [-0.2, 0) is 14.3 Å². The predicted molar refractivity (Wildman–Crippen MR) is 260 cm³/mol. The summed E-state index contributed by atoms with van der Waals surface area (Å²) in [7, 11) is 0. The van der Waals surface area contributed by atoms with Gasteiger partial charge in [-0.25, -0.2) is 0 Å². The standard InChI is InChI=1S/C54H103NO5/c1-3-5-7-9-11-13-15-26-30-34-38-42-46-52(57)51(50-56)55-53(58)47-43-39-35-31-27-24-22-20-18-17-19-21-23-25-29-33-37-41-45-49-60-54(59)48-44-40-36-32-28-16-14-12-10-8-6-4-2/h17-18,42,46,51-52,56-57H,3-16,19-41,43-45,47-50H2,1-2H3,(H,55,58)/b18-17-,46-42+. The number of rotatable bonds is 49. The number of esters is 1. The van der Waals surface area contributed by atoms with Crippen molar-refractivity contribution in [3.05, 3.63) is 24.3 Å². The second kappa shape index (κ2) is 50.0. The highest BCUT2D eigenvalue weighted by Gasteiger charge is 2.18. The largest absolute Gasteiger partial charge is 0.466 e. The van der Waals surface area contributed by atoms with Gasteiger partial charge in [-0.3, -0.25) is 9.59 Å². The smallest absolute Gasteiger partial charge is 0.305 e. The van der Waals surface area contributed by atoms with Crippen LogP contribution in [0.5, 0.6) is 0 Å². The third-order valence-corrected chi connectivity index (χ3v) is 12.2. The van der Waals surface area contributed by atoms with E-state index in [-0.39, 0.29) is 18.5 Å². The van der Waals surface area contributed by atoms with Crippen LogP contribution in [0.3, 0.4) is 0 Å². The van der Waals surface area contributed by atoms with E-state index in [9.17, 15) is 19.8 Å². The lowest BCUT2D eigenvalue weighted by molar-refractivity contribution is -0.143. The van der Waals surface area contributed by atoms with E-state index in [0.29, 0.717) is 19.4 Å². The molecule has 0 radical (unpaired) electrons. The quantitative estimate of drug-likeness (QED) is 0.0322. The van der Waals surface area contributed by atoms with Crippen molar-refractivity contribution in [3.8, 4) is 0 Å². The fourth-order valence-corrected chi connectivity index (χ4v) is 8.10. The summed E-state index contributed by atoms with van der Waals surface area (Å²) in [6.07, 6.45) is 59.0. The minimum Gasteiger partial charge on any atom is -0.466 e. The fourth-order valence-electron chi connectivity index (χ4n) is 8.10. The van der Waals surface area contributed by atoms with Gasteiger partial charge in [0.05, 0.1) is 25.4 Å². The third kappa shape index (κ3) is 45.9. The monoisotopic (exact) mass is 846 g/mol. The molecule has 6 heteroatoms. The van der Waals surface area contributed by atoms with Gasteiger partial charge < -0.3 is 20.3 Å². The number of amides is 1. The van der Waals surface area contributed by atoms with Crippen molar-refractivity contribution < 1.29 is 24.5 Å². The van der Waals surface area contributed by atoms with Crippen LogP contribution in [0.4, 0.5) is 0 Å². The molecule has 354 valence electrons. The number of aliphatic hydroxyl groups is 2. The maximum Gasteiger partial charge on any atom is 0.305 e. The first kappa shape index (κ1) is 58.3. The van der Waals surface area contributed by atoms with Crippen LogP contribution in [0.2, 0.25) is 0 Å². The van der Waals surface area contributed by atoms with E-state index in [1.54, 1.807) is 6.08 Å². The summed E-state index contributed by atoms with van der Waals surface area (Å²) in [6, 6.07) is -0.633. The van der Waals surface area contributed by atoms with E-state index in [1.165, 1.54) is 205 Å². The molecule has 0 aliphatic carbocycles. The van der Waals surface area contributed by atoms with Gasteiger partial charge in [0, 0.05) is 12.8 Å². The molecule has 0 fully saturated rings. The second-order valence-electron chi connectivity index (χ2n) is 18.2. The van der Waals surface area contributed by atoms with Gasteiger partial charge in [-0.15, -0.1) is 0 Å². The molecule has 0 heterocycles. The van der Waals surface area contributed by atoms with E-state index in [2.05, 4.69) is 31.3 Å². The van der Waals surface area contributed by atoms with Gasteiger partial charge in [0.15, 0.2) is 0 Å². The van der Waals surface area contributed by atoms with E-state index in [0.717, 1.165) is 51.4 Å². The number of aliphatic hydroxyl groups excluding tert-OH is 2. The Labute approximate surface area is 373 Å². The number of allylic oxidation sites excluding steroid dienone is 3. The Bertz CT molecular complexity index is 935. The number of carbonyl (C=O) groups excluding carboxylic acids is 2. The Kier molecular flexibility index (Phi) is 48.6. The molecule has 0 aromatic heterocycles. The molecule has 0 aromatic carbocycles. The highest BCUT2D eigenvalue weighted by molar-refractivity contribution is 5.76. The number of unbranched alkanes of at least 4 members (excludes halogenated alkanes) is 36. The number of nitrogens with one attached hydrogen (secondary N) is 1. The SMILES string of the molecule is CCCCCCCCCCCC/C=C/C(O)C(CO)NC(=O)CCCCCCCCC/C=C\CCCCCCCCCCOC(=O)CCCCCCCCCCCCCC. The van der Waals surface area contributed by atoms with Crippen molar-refractivity contribution in [2.75, 3.05) is 13.2 Å². The molecule has 6 nitrogen and oxygen atoms in total. The topological polar surface area (TPSA) is 95.9 Å². The summed E-state index contributed by atoms with van der Waals surface area (Å²) in [5.74, 6) is -0.0748. The van der Waals surface area contributed by atoms with Gasteiger partial charge in [0.25, 0.3) is 0 Å². The zero-order valence-corrected chi connectivity index (χ0v) is 40.2. The third-order valence-electron chi connectivity index (χ3n) is 12.2. The fraction of sp³-hybridized carbons (Fsp3) is 0.889. The van der Waals surface area contributed by atoms with Crippen molar-refractivity contribution in [3.63, 3.8) is 0 Å². The molecule has 2 unspecified atom stereocenters. The zero-order chi connectivity index (χ0) is 43.7. The summed E-state index contributed by atoms with van der Waals surface area (Å²) >= 11 is 0. The van der Waals surface area contributed by atoms with Crippen LogP contribution in [-0.4, -0.2) is 47.4 Å². The molecule has 3 N–H and O–H groups in total. The molecule has 0 rings (SSSR count). The van der Waals surface area contributed by atoms with Gasteiger partial charge in [-0.2, -0.15) is 0 Å². The van der Waals surface area contributed by atoms with Crippen LogP contribution in [0.15, 0.2) is 24.3 Å². The Balaban J connectivity index is 3.46. The second-order valence-corrected chi connectivity index (χ2v) is 18.2. The van der Waals surface area contributed by atoms with E-state index in [1.807, 2.05) is 6.08 Å². The molecular weight excluding hydrogens is 743 g/mol. The molecular formula is C54H103NO5. The Morgan fingerprint density at radius 2 is 0.783 bits per heavy atom. The molecule has 0 bridgehead atoms. The molecule has 0 aromatic rings. The lowest BCUT2D eigenvalue weighted by atomic mass is 10.0. The molecule has 1 amide bonds. The first-order valence-electron chi connectivity index (χ1n) is 26.6. The van der Waals surface area contributed by atoms with Crippen LogP contribution in [0.1, 0.15) is 284 Å². The molecule has 0 spiro atoms. The number of ether oxygens (including phenoxy) is 1. The average molecular weight is 846 g/mol.